The molecule has 0 unspecified atom stereocenters. The number of ketones is 1. The van der Waals surface area contributed by atoms with Crippen molar-refractivity contribution in [1.29, 1.82) is 0 Å². The Hall–Kier alpha value is -0.770. The number of nitrogens with one attached hydrogen (secondary N) is 1. The van der Waals surface area contributed by atoms with Gasteiger partial charge in [-0.3, -0.25) is 4.79 Å². The van der Waals surface area contributed by atoms with Crippen molar-refractivity contribution in [3.8, 4) is 5.75 Å². The zero-order valence-electron chi connectivity index (χ0n) is 9.14. The van der Waals surface area contributed by atoms with E-state index in [1.807, 2.05) is 6.92 Å². The molecule has 1 aromatic rings. The number of carbonyl (C=O) groups is 1. The molecule has 0 atom stereocenters. The minimum absolute atomic E-state index is 0.0867. The van der Waals surface area contributed by atoms with E-state index in [4.69, 9.17) is 27.9 Å². The van der Waals surface area contributed by atoms with Crippen LogP contribution in [0.5, 0.6) is 5.75 Å². The Balaban J connectivity index is 2.97. The molecule has 0 spiro atoms. The van der Waals surface area contributed by atoms with Gasteiger partial charge >= 0.3 is 0 Å². The first-order chi connectivity index (χ1) is 7.60. The van der Waals surface area contributed by atoms with Gasteiger partial charge in [-0.15, -0.1) is 0 Å². The molecule has 1 aromatic carbocycles. The molecule has 0 aromatic heterocycles. The lowest BCUT2D eigenvalue weighted by Gasteiger charge is -2.08. The van der Waals surface area contributed by atoms with Gasteiger partial charge < -0.3 is 10.1 Å². The number of rotatable bonds is 5. The molecule has 0 fully saturated rings. The number of hydrogen-bond acceptors (Lipinski definition) is 3. The number of hydrogen-bond donors (Lipinski definition) is 1. The van der Waals surface area contributed by atoms with Crippen LogP contribution in [0.3, 0.4) is 0 Å². The molecule has 1 N–H and O–H groups in total. The van der Waals surface area contributed by atoms with E-state index in [2.05, 4.69) is 5.32 Å². The van der Waals surface area contributed by atoms with Crippen molar-refractivity contribution < 1.29 is 9.53 Å². The third kappa shape index (κ3) is 3.11. The monoisotopic (exact) mass is 261 g/mol. The Bertz CT molecular complexity index is 394. The molecule has 88 valence electrons. The van der Waals surface area contributed by atoms with E-state index in [1.165, 1.54) is 13.2 Å². The summed E-state index contributed by atoms with van der Waals surface area (Å²) in [6, 6.07) is 3.07. The minimum atomic E-state index is -0.0867. The van der Waals surface area contributed by atoms with E-state index in [0.29, 0.717) is 21.4 Å². The van der Waals surface area contributed by atoms with E-state index in [-0.39, 0.29) is 12.3 Å². The fraction of sp³-hybridized carbons (Fsp3) is 0.364. The van der Waals surface area contributed by atoms with Gasteiger partial charge in [0.1, 0.15) is 5.75 Å². The number of methoxy groups -OCH3 is 1. The third-order valence-electron chi connectivity index (χ3n) is 2.08. The zero-order valence-corrected chi connectivity index (χ0v) is 10.7. The summed E-state index contributed by atoms with van der Waals surface area (Å²) >= 11 is 11.9. The van der Waals surface area contributed by atoms with Crippen LogP contribution < -0.4 is 10.1 Å². The van der Waals surface area contributed by atoms with Gasteiger partial charge in [-0.1, -0.05) is 30.1 Å². The SMILES string of the molecule is CCNCC(=O)c1cc(Cl)c(OC)cc1Cl. The van der Waals surface area contributed by atoms with Crippen LogP contribution in [-0.2, 0) is 0 Å². The van der Waals surface area contributed by atoms with E-state index >= 15 is 0 Å². The third-order valence-corrected chi connectivity index (χ3v) is 2.69. The number of ether oxygens (including phenoxy) is 1. The second-order valence-electron chi connectivity index (χ2n) is 3.17. The largest absolute Gasteiger partial charge is 0.495 e. The Morgan fingerprint density at radius 1 is 1.38 bits per heavy atom. The maximum absolute atomic E-state index is 11.7. The fourth-order valence-electron chi connectivity index (χ4n) is 1.23. The lowest BCUT2D eigenvalue weighted by Crippen LogP contribution is -2.22. The van der Waals surface area contributed by atoms with E-state index < -0.39 is 0 Å². The van der Waals surface area contributed by atoms with Crippen molar-refractivity contribution >= 4 is 29.0 Å². The van der Waals surface area contributed by atoms with Crippen LogP contribution in [0.2, 0.25) is 10.0 Å². The minimum Gasteiger partial charge on any atom is -0.495 e. The maximum Gasteiger partial charge on any atom is 0.178 e. The summed E-state index contributed by atoms with van der Waals surface area (Å²) in [5.41, 5.74) is 0.411. The van der Waals surface area contributed by atoms with Crippen LogP contribution in [0.25, 0.3) is 0 Å². The van der Waals surface area contributed by atoms with Crippen molar-refractivity contribution in [3.63, 3.8) is 0 Å². The average Bonchev–Trinajstić information content (AvgIpc) is 2.28. The van der Waals surface area contributed by atoms with Gasteiger partial charge in [0.2, 0.25) is 0 Å². The molecule has 0 amide bonds. The Morgan fingerprint density at radius 2 is 2.06 bits per heavy atom. The summed E-state index contributed by atoms with van der Waals surface area (Å²) in [6.07, 6.45) is 0. The first kappa shape index (κ1) is 13.3. The van der Waals surface area contributed by atoms with Crippen LogP contribution in [0.15, 0.2) is 12.1 Å². The second-order valence-corrected chi connectivity index (χ2v) is 3.98. The maximum atomic E-state index is 11.7. The summed E-state index contributed by atoms with van der Waals surface area (Å²) < 4.78 is 5.00. The van der Waals surface area contributed by atoms with Crippen molar-refractivity contribution in [1.82, 2.24) is 5.32 Å². The Kier molecular flexibility index (Phi) is 5.06. The molecule has 16 heavy (non-hydrogen) atoms. The highest BCUT2D eigenvalue weighted by molar-refractivity contribution is 6.36. The molecule has 0 aliphatic carbocycles. The molecule has 0 aliphatic rings. The summed E-state index contributed by atoms with van der Waals surface area (Å²) in [4.78, 5) is 11.7. The lowest BCUT2D eigenvalue weighted by atomic mass is 10.1. The smallest absolute Gasteiger partial charge is 0.178 e. The van der Waals surface area contributed by atoms with Crippen molar-refractivity contribution in [3.05, 3.63) is 27.7 Å². The van der Waals surface area contributed by atoms with Gasteiger partial charge in [0.15, 0.2) is 5.78 Å². The van der Waals surface area contributed by atoms with Crippen LogP contribution in [0.1, 0.15) is 17.3 Å². The van der Waals surface area contributed by atoms with Gasteiger partial charge in [-0.05, 0) is 12.6 Å². The predicted octanol–water partition coefficient (Wildman–Crippen LogP) is 2.79. The molecular formula is C11H13Cl2NO2. The van der Waals surface area contributed by atoms with Gasteiger partial charge in [0, 0.05) is 11.6 Å². The second kappa shape index (κ2) is 6.09. The predicted molar refractivity (Wildman–Crippen MR) is 65.9 cm³/mol. The first-order valence-corrected chi connectivity index (χ1v) is 5.62. The quantitative estimate of drug-likeness (QED) is 0.829. The number of Topliss-reactive ketones (excluding diaryl/α,β-unsaturated/α-hetero) is 1. The fourth-order valence-corrected chi connectivity index (χ4v) is 1.73. The lowest BCUT2D eigenvalue weighted by molar-refractivity contribution is 0.0992. The first-order valence-electron chi connectivity index (χ1n) is 4.87. The van der Waals surface area contributed by atoms with Crippen LogP contribution in [0.4, 0.5) is 0 Å². The van der Waals surface area contributed by atoms with E-state index in [0.717, 1.165) is 6.54 Å². The normalized spacial score (nSPS) is 10.2. The molecule has 0 saturated heterocycles. The molecule has 1 rings (SSSR count). The van der Waals surface area contributed by atoms with Gasteiger partial charge in [-0.25, -0.2) is 0 Å². The highest BCUT2D eigenvalue weighted by Gasteiger charge is 2.13. The summed E-state index contributed by atoms with van der Waals surface area (Å²) in [7, 11) is 1.50. The van der Waals surface area contributed by atoms with Gasteiger partial charge in [0.05, 0.1) is 23.7 Å². The average molecular weight is 262 g/mol. The molecule has 3 nitrogen and oxygen atoms in total. The number of halogens is 2. The summed E-state index contributed by atoms with van der Waals surface area (Å²) in [5, 5.41) is 3.67. The van der Waals surface area contributed by atoms with Crippen LogP contribution >= 0.6 is 23.2 Å². The molecule has 0 heterocycles. The van der Waals surface area contributed by atoms with Gasteiger partial charge in [-0.2, -0.15) is 0 Å². The molecular weight excluding hydrogens is 249 g/mol. The summed E-state index contributed by atoms with van der Waals surface area (Å²) in [5.74, 6) is 0.378. The number of likely N-dealkylation sites (N-methyl/N-ethyl adjacent to an activating group) is 1. The van der Waals surface area contributed by atoms with Crippen molar-refractivity contribution in [2.24, 2.45) is 0 Å². The van der Waals surface area contributed by atoms with Crippen molar-refractivity contribution in [2.75, 3.05) is 20.2 Å². The van der Waals surface area contributed by atoms with Crippen molar-refractivity contribution in [2.45, 2.75) is 6.92 Å². The summed E-state index contributed by atoms with van der Waals surface area (Å²) in [6.45, 7) is 2.90. The zero-order chi connectivity index (χ0) is 12.1. The van der Waals surface area contributed by atoms with Crippen LogP contribution in [-0.4, -0.2) is 26.0 Å². The van der Waals surface area contributed by atoms with Gasteiger partial charge in [0.25, 0.3) is 0 Å². The molecule has 0 bridgehead atoms. The molecule has 5 heteroatoms. The van der Waals surface area contributed by atoms with E-state index in [1.54, 1.807) is 6.07 Å². The Morgan fingerprint density at radius 3 is 2.62 bits per heavy atom. The molecule has 0 aliphatic heterocycles. The highest BCUT2D eigenvalue weighted by atomic mass is 35.5. The molecule has 0 saturated carbocycles. The Labute approximate surface area is 105 Å². The van der Waals surface area contributed by atoms with Crippen LogP contribution in [0, 0.1) is 0 Å². The number of benzene rings is 1. The highest BCUT2D eigenvalue weighted by Crippen LogP contribution is 2.30. The van der Waals surface area contributed by atoms with E-state index in [9.17, 15) is 4.79 Å². The molecule has 0 radical (unpaired) electrons. The number of carbonyl (C=O) groups excluding carboxylic acids is 1. The standard InChI is InChI=1S/C11H13Cl2NO2/c1-3-14-6-10(15)7-4-9(13)11(16-2)5-8(7)12/h4-5,14H,3,6H2,1-2H3. The topological polar surface area (TPSA) is 38.3 Å².